The molecule has 0 unspecified atom stereocenters. The lowest BCUT2D eigenvalue weighted by Crippen LogP contribution is -2.43. The fraction of sp³-hybridized carbons (Fsp3) is 0.357. The molecule has 0 spiro atoms. The Labute approximate surface area is 118 Å². The van der Waals surface area contributed by atoms with E-state index in [1.165, 1.54) is 6.07 Å². The van der Waals surface area contributed by atoms with E-state index in [2.05, 4.69) is 15.2 Å². The van der Waals surface area contributed by atoms with Gasteiger partial charge in [-0.2, -0.15) is 0 Å². The van der Waals surface area contributed by atoms with Gasteiger partial charge >= 0.3 is 0 Å². The summed E-state index contributed by atoms with van der Waals surface area (Å²) in [5.74, 6) is -0.243. The molecule has 3 rings (SSSR count). The topological polar surface area (TPSA) is 28.2 Å². The van der Waals surface area contributed by atoms with Crippen molar-refractivity contribution in [2.24, 2.45) is 0 Å². The molecule has 0 radical (unpaired) electrons. The summed E-state index contributed by atoms with van der Waals surface area (Å²) in [7, 11) is 0. The number of benzene rings is 1. The highest BCUT2D eigenvalue weighted by Crippen LogP contribution is 2.28. The van der Waals surface area contributed by atoms with Gasteiger partial charge in [0.2, 0.25) is 0 Å². The predicted octanol–water partition coefficient (Wildman–Crippen LogP) is 2.51. The Morgan fingerprint density at radius 3 is 2.74 bits per heavy atom. The van der Waals surface area contributed by atoms with Gasteiger partial charge in [0.1, 0.15) is 11.3 Å². The maximum atomic E-state index is 13.8. The molecule has 1 aromatic carbocycles. The van der Waals surface area contributed by atoms with E-state index in [0.717, 1.165) is 42.9 Å². The molecule has 102 valence electrons. The van der Waals surface area contributed by atoms with Crippen molar-refractivity contribution in [1.82, 2.24) is 10.3 Å². The van der Waals surface area contributed by atoms with E-state index < -0.39 is 0 Å². The van der Waals surface area contributed by atoms with E-state index in [-0.39, 0.29) is 18.2 Å². The number of para-hydroxylation sites is 1. The monoisotopic (exact) mass is 281 g/mol. The second-order valence-corrected chi connectivity index (χ2v) is 4.66. The number of anilines is 1. The first-order valence-corrected chi connectivity index (χ1v) is 6.27. The van der Waals surface area contributed by atoms with Crippen molar-refractivity contribution in [1.29, 1.82) is 0 Å². The second kappa shape index (κ2) is 5.72. The third kappa shape index (κ3) is 2.65. The van der Waals surface area contributed by atoms with Gasteiger partial charge in [-0.05, 0) is 19.1 Å². The number of halogens is 2. The normalized spacial score (nSPS) is 15.4. The maximum Gasteiger partial charge on any atom is 0.149 e. The van der Waals surface area contributed by atoms with Gasteiger partial charge in [0.25, 0.3) is 0 Å². The summed E-state index contributed by atoms with van der Waals surface area (Å²) in [5.41, 5.74) is 2.44. The van der Waals surface area contributed by atoms with E-state index in [9.17, 15) is 4.39 Å². The smallest absolute Gasteiger partial charge is 0.149 e. The van der Waals surface area contributed by atoms with Crippen LogP contribution in [0.4, 0.5) is 10.1 Å². The zero-order valence-corrected chi connectivity index (χ0v) is 11.6. The molecule has 2 heterocycles. The van der Waals surface area contributed by atoms with Crippen LogP contribution in [-0.2, 0) is 0 Å². The zero-order chi connectivity index (χ0) is 12.5. The highest BCUT2D eigenvalue weighted by molar-refractivity contribution is 5.92. The van der Waals surface area contributed by atoms with Crippen molar-refractivity contribution in [3.8, 4) is 0 Å². The molecule has 0 aliphatic carbocycles. The van der Waals surface area contributed by atoms with E-state index in [4.69, 9.17) is 0 Å². The number of pyridine rings is 1. The Hall–Kier alpha value is -1.39. The summed E-state index contributed by atoms with van der Waals surface area (Å²) in [6, 6.07) is 7.21. The first-order valence-electron chi connectivity index (χ1n) is 6.27. The molecule has 0 amide bonds. The van der Waals surface area contributed by atoms with Crippen molar-refractivity contribution in [2.75, 3.05) is 31.1 Å². The molecule has 1 fully saturated rings. The fourth-order valence-electron chi connectivity index (χ4n) is 2.49. The third-order valence-corrected chi connectivity index (χ3v) is 3.35. The van der Waals surface area contributed by atoms with Crippen LogP contribution in [0.25, 0.3) is 10.9 Å². The number of fused-ring (bicyclic) bond motifs is 1. The highest BCUT2D eigenvalue weighted by atomic mass is 35.5. The minimum atomic E-state index is -0.243. The van der Waals surface area contributed by atoms with Crippen LogP contribution < -0.4 is 10.2 Å². The Morgan fingerprint density at radius 1 is 1.26 bits per heavy atom. The molecule has 0 saturated carbocycles. The summed E-state index contributed by atoms with van der Waals surface area (Å²) in [6.07, 6.45) is 0. The molecule has 1 aliphatic rings. The molecule has 1 aromatic heterocycles. The lowest BCUT2D eigenvalue weighted by molar-refractivity contribution is 0.590. The average molecular weight is 282 g/mol. The molecule has 2 aromatic rings. The maximum absolute atomic E-state index is 13.8. The van der Waals surface area contributed by atoms with Crippen LogP contribution in [0, 0.1) is 12.7 Å². The highest BCUT2D eigenvalue weighted by Gasteiger charge is 2.15. The summed E-state index contributed by atoms with van der Waals surface area (Å²) in [4.78, 5) is 6.61. The molecule has 0 bridgehead atoms. The summed E-state index contributed by atoms with van der Waals surface area (Å²) >= 11 is 0. The van der Waals surface area contributed by atoms with Gasteiger partial charge in [-0.1, -0.05) is 12.1 Å². The van der Waals surface area contributed by atoms with Crippen LogP contribution in [0.3, 0.4) is 0 Å². The van der Waals surface area contributed by atoms with Gasteiger partial charge in [-0.3, -0.25) is 0 Å². The third-order valence-electron chi connectivity index (χ3n) is 3.35. The molecular formula is C14H17ClFN3. The van der Waals surface area contributed by atoms with Crippen LogP contribution in [-0.4, -0.2) is 31.2 Å². The molecule has 19 heavy (non-hydrogen) atoms. The van der Waals surface area contributed by atoms with Crippen molar-refractivity contribution >= 4 is 29.0 Å². The molecule has 5 heteroatoms. The van der Waals surface area contributed by atoms with Crippen LogP contribution >= 0.6 is 12.4 Å². The molecule has 1 aliphatic heterocycles. The largest absolute Gasteiger partial charge is 0.368 e. The summed E-state index contributed by atoms with van der Waals surface area (Å²) < 4.78 is 13.8. The molecule has 1 saturated heterocycles. The number of hydrogen-bond donors (Lipinski definition) is 1. The number of aromatic nitrogens is 1. The van der Waals surface area contributed by atoms with Gasteiger partial charge in [-0.25, -0.2) is 9.37 Å². The van der Waals surface area contributed by atoms with E-state index in [1.807, 2.05) is 19.1 Å². The second-order valence-electron chi connectivity index (χ2n) is 4.66. The molecular weight excluding hydrogens is 265 g/mol. The Kier molecular flexibility index (Phi) is 4.22. The summed E-state index contributed by atoms with van der Waals surface area (Å²) in [5, 5.41) is 4.23. The Morgan fingerprint density at radius 2 is 2.00 bits per heavy atom. The number of hydrogen-bond acceptors (Lipinski definition) is 3. The Balaban J connectivity index is 0.00000133. The standard InChI is InChI=1S/C14H16FN3.ClH/c1-10-9-13(18-7-5-16-6-8-18)11-3-2-4-12(15)14(11)17-10;/h2-4,9,16H,5-8H2,1H3;1H. The minimum absolute atomic E-state index is 0. The first kappa shape index (κ1) is 14.0. The van der Waals surface area contributed by atoms with E-state index in [1.54, 1.807) is 6.07 Å². The lowest BCUT2D eigenvalue weighted by Gasteiger charge is -2.30. The quantitative estimate of drug-likeness (QED) is 0.871. The van der Waals surface area contributed by atoms with E-state index >= 15 is 0 Å². The number of piperazine rings is 1. The number of aryl methyl sites for hydroxylation is 1. The van der Waals surface area contributed by atoms with Gasteiger partial charge < -0.3 is 10.2 Å². The van der Waals surface area contributed by atoms with Gasteiger partial charge in [0.15, 0.2) is 0 Å². The average Bonchev–Trinajstić information content (AvgIpc) is 2.40. The lowest BCUT2D eigenvalue weighted by atomic mass is 10.1. The van der Waals surface area contributed by atoms with Crippen LogP contribution in [0.5, 0.6) is 0 Å². The number of nitrogens with zero attached hydrogens (tertiary/aromatic N) is 2. The van der Waals surface area contributed by atoms with Crippen molar-refractivity contribution in [2.45, 2.75) is 6.92 Å². The number of rotatable bonds is 1. The van der Waals surface area contributed by atoms with Gasteiger partial charge in [0.05, 0.1) is 0 Å². The van der Waals surface area contributed by atoms with Crippen LogP contribution in [0.1, 0.15) is 5.69 Å². The molecule has 0 atom stereocenters. The molecule has 3 nitrogen and oxygen atoms in total. The van der Waals surface area contributed by atoms with Crippen molar-refractivity contribution < 1.29 is 4.39 Å². The SMILES string of the molecule is Cc1cc(N2CCNCC2)c2cccc(F)c2n1.Cl. The fourth-order valence-corrected chi connectivity index (χ4v) is 2.49. The van der Waals surface area contributed by atoms with Crippen LogP contribution in [0.2, 0.25) is 0 Å². The number of nitrogens with one attached hydrogen (secondary N) is 1. The molecule has 1 N–H and O–H groups in total. The van der Waals surface area contributed by atoms with Crippen LogP contribution in [0.15, 0.2) is 24.3 Å². The van der Waals surface area contributed by atoms with Gasteiger partial charge in [0, 0.05) is 42.9 Å². The first-order chi connectivity index (χ1) is 8.75. The Bertz CT molecular complexity index is 582. The van der Waals surface area contributed by atoms with E-state index in [0.29, 0.717) is 5.52 Å². The van der Waals surface area contributed by atoms with Crippen molar-refractivity contribution in [3.63, 3.8) is 0 Å². The zero-order valence-electron chi connectivity index (χ0n) is 10.8. The minimum Gasteiger partial charge on any atom is -0.368 e. The predicted molar refractivity (Wildman–Crippen MR) is 78.8 cm³/mol. The van der Waals surface area contributed by atoms with Gasteiger partial charge in [-0.15, -0.1) is 12.4 Å². The van der Waals surface area contributed by atoms with Crippen molar-refractivity contribution in [3.05, 3.63) is 35.8 Å². The summed E-state index contributed by atoms with van der Waals surface area (Å²) in [6.45, 7) is 5.76.